The van der Waals surface area contributed by atoms with Gasteiger partial charge in [0.15, 0.2) is 6.17 Å². The highest BCUT2D eigenvalue weighted by Gasteiger charge is 2.48. The van der Waals surface area contributed by atoms with Crippen LogP contribution in [0.3, 0.4) is 0 Å². The Morgan fingerprint density at radius 1 is 0.880 bits per heavy atom. The number of carbonyl (C=O) groups is 3. The van der Waals surface area contributed by atoms with Crippen molar-refractivity contribution in [1.29, 1.82) is 0 Å². The number of nitrogens with zero attached hydrogens (tertiary/aromatic N) is 1. The van der Waals surface area contributed by atoms with Crippen LogP contribution in [0.5, 0.6) is 0 Å². The third kappa shape index (κ3) is 3.35. The van der Waals surface area contributed by atoms with Gasteiger partial charge in [-0.3, -0.25) is 14.4 Å². The normalized spacial score (nSPS) is 15.1. The first-order chi connectivity index (χ1) is 11.8. The summed E-state index contributed by atoms with van der Waals surface area (Å²) in [6.07, 6.45) is -1.46. The van der Waals surface area contributed by atoms with E-state index in [1.807, 2.05) is 0 Å². The summed E-state index contributed by atoms with van der Waals surface area (Å²) >= 11 is 17.9. The Bertz CT molecular complexity index is 815. The quantitative estimate of drug-likeness (QED) is 0.637. The maximum atomic E-state index is 12.6. The highest BCUT2D eigenvalue weighted by atomic mass is 35.6. The number of alkyl halides is 3. The molecule has 3 rings (SSSR count). The molecule has 0 unspecified atom stereocenters. The predicted octanol–water partition coefficient (Wildman–Crippen LogP) is 3.41. The molecule has 0 spiro atoms. The molecule has 1 aliphatic rings. The molecule has 0 aromatic heterocycles. The van der Waals surface area contributed by atoms with Crippen molar-refractivity contribution in [3.8, 4) is 0 Å². The molecule has 0 radical (unpaired) electrons. The van der Waals surface area contributed by atoms with Crippen molar-refractivity contribution in [2.75, 3.05) is 0 Å². The van der Waals surface area contributed by atoms with Crippen molar-refractivity contribution in [2.24, 2.45) is 0 Å². The number of benzene rings is 2. The zero-order chi connectivity index (χ0) is 18.2. The van der Waals surface area contributed by atoms with Crippen LogP contribution in [0, 0.1) is 0 Å². The maximum absolute atomic E-state index is 12.6. The van der Waals surface area contributed by atoms with E-state index in [1.165, 1.54) is 12.1 Å². The number of hydrogen-bond donors (Lipinski definition) is 1. The predicted molar refractivity (Wildman–Crippen MR) is 94.9 cm³/mol. The van der Waals surface area contributed by atoms with Crippen molar-refractivity contribution in [1.82, 2.24) is 10.2 Å². The number of hydrogen-bond acceptors (Lipinski definition) is 3. The molecule has 3 amide bonds. The van der Waals surface area contributed by atoms with Crippen molar-refractivity contribution >= 4 is 52.5 Å². The fourth-order valence-electron chi connectivity index (χ4n) is 2.53. The van der Waals surface area contributed by atoms with E-state index in [-0.39, 0.29) is 11.1 Å². The Morgan fingerprint density at radius 2 is 1.36 bits per heavy atom. The van der Waals surface area contributed by atoms with Crippen LogP contribution >= 0.6 is 34.8 Å². The lowest BCUT2D eigenvalue weighted by Gasteiger charge is -2.32. The molecule has 0 saturated carbocycles. The van der Waals surface area contributed by atoms with Crippen molar-refractivity contribution in [3.63, 3.8) is 0 Å². The first kappa shape index (κ1) is 17.7. The summed E-state index contributed by atoms with van der Waals surface area (Å²) in [5.74, 6) is -1.84. The molecule has 1 N–H and O–H groups in total. The molecule has 8 heteroatoms. The van der Waals surface area contributed by atoms with Crippen LogP contribution < -0.4 is 5.32 Å². The molecule has 1 atom stereocenters. The molecule has 0 aliphatic carbocycles. The van der Waals surface area contributed by atoms with E-state index in [9.17, 15) is 14.4 Å². The van der Waals surface area contributed by atoms with Crippen LogP contribution in [0.2, 0.25) is 0 Å². The van der Waals surface area contributed by atoms with E-state index in [2.05, 4.69) is 5.32 Å². The smallest absolute Gasteiger partial charge is 0.263 e. The molecular weight excluding hydrogens is 387 g/mol. The number of rotatable bonds is 3. The fourth-order valence-corrected chi connectivity index (χ4v) is 2.99. The largest absolute Gasteiger partial charge is 0.328 e. The molecule has 1 aliphatic heterocycles. The Balaban J connectivity index is 1.94. The lowest BCUT2D eigenvalue weighted by Crippen LogP contribution is -2.57. The SMILES string of the molecule is O=C(N[C@@H](N1C(=O)c2ccccc2C1=O)C(Cl)(Cl)Cl)c1ccccc1. The van der Waals surface area contributed by atoms with Gasteiger partial charge in [-0.2, -0.15) is 0 Å². The molecule has 2 aromatic carbocycles. The molecule has 1 heterocycles. The lowest BCUT2D eigenvalue weighted by molar-refractivity contribution is 0.0544. The second-order valence-electron chi connectivity index (χ2n) is 5.31. The number of halogens is 3. The van der Waals surface area contributed by atoms with E-state index < -0.39 is 27.7 Å². The average molecular weight is 398 g/mol. The maximum Gasteiger partial charge on any atom is 0.263 e. The van der Waals surface area contributed by atoms with Gasteiger partial charge in [-0.25, -0.2) is 4.90 Å². The Morgan fingerprint density at radius 3 is 1.84 bits per heavy atom. The van der Waals surface area contributed by atoms with Crippen molar-refractivity contribution in [3.05, 3.63) is 71.3 Å². The third-order valence-corrected chi connectivity index (χ3v) is 4.32. The second-order valence-corrected chi connectivity index (χ2v) is 7.68. The Hall–Kier alpha value is -2.08. The molecule has 0 saturated heterocycles. The summed E-state index contributed by atoms with van der Waals surface area (Å²) in [5, 5.41) is 2.46. The van der Waals surface area contributed by atoms with Gasteiger partial charge in [0.05, 0.1) is 11.1 Å². The number of nitrogens with one attached hydrogen (secondary N) is 1. The van der Waals surface area contributed by atoms with Gasteiger partial charge < -0.3 is 5.32 Å². The van der Waals surface area contributed by atoms with Crippen LogP contribution in [-0.4, -0.2) is 32.6 Å². The van der Waals surface area contributed by atoms with E-state index in [4.69, 9.17) is 34.8 Å². The zero-order valence-electron chi connectivity index (χ0n) is 12.6. The second kappa shape index (κ2) is 6.67. The monoisotopic (exact) mass is 396 g/mol. The standard InChI is InChI=1S/C17H11Cl3N2O3/c18-17(19,20)16(21-13(23)10-6-2-1-3-7-10)22-14(24)11-8-4-5-9-12(11)15(22)25/h1-9,16H,(H,21,23)/t16-/m0/s1. The zero-order valence-corrected chi connectivity index (χ0v) is 14.8. The first-order valence-electron chi connectivity index (χ1n) is 7.20. The van der Waals surface area contributed by atoms with E-state index in [0.29, 0.717) is 5.56 Å². The third-order valence-electron chi connectivity index (χ3n) is 3.70. The van der Waals surface area contributed by atoms with Gasteiger partial charge in [0.25, 0.3) is 17.7 Å². The van der Waals surface area contributed by atoms with E-state index >= 15 is 0 Å². The molecule has 2 aromatic rings. The van der Waals surface area contributed by atoms with Crippen LogP contribution in [0.25, 0.3) is 0 Å². The van der Waals surface area contributed by atoms with Gasteiger partial charge in [-0.1, -0.05) is 65.1 Å². The first-order valence-corrected chi connectivity index (χ1v) is 8.33. The van der Waals surface area contributed by atoms with Crippen LogP contribution in [0.4, 0.5) is 0 Å². The van der Waals surface area contributed by atoms with Crippen LogP contribution in [0.1, 0.15) is 31.1 Å². The van der Waals surface area contributed by atoms with Gasteiger partial charge in [0.2, 0.25) is 3.79 Å². The van der Waals surface area contributed by atoms with Gasteiger partial charge >= 0.3 is 0 Å². The molecule has 128 valence electrons. The number of carbonyl (C=O) groups excluding carboxylic acids is 3. The van der Waals surface area contributed by atoms with Crippen LogP contribution in [-0.2, 0) is 0 Å². The Kier molecular flexibility index (Phi) is 4.73. The lowest BCUT2D eigenvalue weighted by atomic mass is 10.1. The fraction of sp³-hybridized carbons (Fsp3) is 0.118. The van der Waals surface area contributed by atoms with Gasteiger partial charge in [0.1, 0.15) is 0 Å². The molecule has 0 fully saturated rings. The minimum atomic E-state index is -2.11. The summed E-state index contributed by atoms with van der Waals surface area (Å²) in [5.41, 5.74) is 0.694. The van der Waals surface area contributed by atoms with Gasteiger partial charge in [-0.05, 0) is 24.3 Å². The van der Waals surface area contributed by atoms with Crippen molar-refractivity contribution < 1.29 is 14.4 Å². The van der Waals surface area contributed by atoms with Gasteiger partial charge in [0, 0.05) is 5.56 Å². The molecular formula is C17H11Cl3N2O3. The molecule has 25 heavy (non-hydrogen) atoms. The average Bonchev–Trinajstić information content (AvgIpc) is 2.84. The summed E-state index contributed by atoms with van der Waals surface area (Å²) < 4.78 is -2.11. The molecule has 5 nitrogen and oxygen atoms in total. The number of amides is 3. The minimum absolute atomic E-state index is 0.195. The van der Waals surface area contributed by atoms with E-state index in [0.717, 1.165) is 4.90 Å². The van der Waals surface area contributed by atoms with Crippen LogP contribution in [0.15, 0.2) is 54.6 Å². The summed E-state index contributed by atoms with van der Waals surface area (Å²) in [7, 11) is 0. The van der Waals surface area contributed by atoms with Crippen molar-refractivity contribution in [2.45, 2.75) is 9.96 Å². The Labute approximate surface area is 158 Å². The summed E-state index contributed by atoms with van der Waals surface area (Å²) in [6.45, 7) is 0. The molecule has 0 bridgehead atoms. The number of fused-ring (bicyclic) bond motifs is 1. The van der Waals surface area contributed by atoms with E-state index in [1.54, 1.807) is 42.5 Å². The topological polar surface area (TPSA) is 66.5 Å². The highest BCUT2D eigenvalue weighted by Crippen LogP contribution is 2.36. The minimum Gasteiger partial charge on any atom is -0.328 e. The summed E-state index contributed by atoms with van der Waals surface area (Å²) in [6, 6.07) is 14.5. The number of imide groups is 1. The summed E-state index contributed by atoms with van der Waals surface area (Å²) in [4.78, 5) is 38.4. The van der Waals surface area contributed by atoms with Gasteiger partial charge in [-0.15, -0.1) is 0 Å². The highest BCUT2D eigenvalue weighted by molar-refractivity contribution is 6.68.